The number of aromatic nitrogens is 1. The van der Waals surface area contributed by atoms with Crippen molar-refractivity contribution in [2.75, 3.05) is 39.3 Å². The Morgan fingerprint density at radius 2 is 1.77 bits per heavy atom. The van der Waals surface area contributed by atoms with E-state index in [4.69, 9.17) is 9.47 Å². The third-order valence-electron chi connectivity index (χ3n) is 5.36. The van der Waals surface area contributed by atoms with Crippen LogP contribution in [-0.4, -0.2) is 45.3 Å². The smallest absolute Gasteiger partial charge is 0.191 e. The van der Waals surface area contributed by atoms with Gasteiger partial charge in [0, 0.05) is 51.1 Å². The SMILES string of the molecule is CN=C(NCc1ccc(N2CCCCCC2)nc1)NCc1ccc(OC)cc1OC. The van der Waals surface area contributed by atoms with E-state index >= 15 is 0 Å². The molecule has 0 spiro atoms. The predicted molar refractivity (Wildman–Crippen MR) is 122 cm³/mol. The normalized spacial score (nSPS) is 14.8. The average Bonchev–Trinajstić information content (AvgIpc) is 3.09. The van der Waals surface area contributed by atoms with Gasteiger partial charge in [-0.25, -0.2) is 4.98 Å². The molecule has 0 saturated carbocycles. The fourth-order valence-electron chi connectivity index (χ4n) is 3.59. The molecule has 0 unspecified atom stereocenters. The number of benzene rings is 1. The van der Waals surface area contributed by atoms with Crippen molar-refractivity contribution in [1.82, 2.24) is 15.6 Å². The highest BCUT2D eigenvalue weighted by Crippen LogP contribution is 2.24. The molecular weight excluding hydrogens is 378 g/mol. The zero-order chi connectivity index (χ0) is 21.2. The number of nitrogens with zero attached hydrogens (tertiary/aromatic N) is 3. The van der Waals surface area contributed by atoms with Crippen LogP contribution >= 0.6 is 0 Å². The van der Waals surface area contributed by atoms with Crippen LogP contribution < -0.4 is 25.0 Å². The molecular formula is C23H33N5O2. The van der Waals surface area contributed by atoms with E-state index in [1.54, 1.807) is 21.3 Å². The summed E-state index contributed by atoms with van der Waals surface area (Å²) in [6.45, 7) is 3.47. The number of rotatable bonds is 7. The highest BCUT2D eigenvalue weighted by atomic mass is 16.5. The van der Waals surface area contributed by atoms with E-state index in [-0.39, 0.29) is 0 Å². The molecule has 2 N–H and O–H groups in total. The molecule has 0 bridgehead atoms. The molecule has 7 heteroatoms. The summed E-state index contributed by atoms with van der Waals surface area (Å²) in [5, 5.41) is 6.67. The van der Waals surface area contributed by atoms with Gasteiger partial charge < -0.3 is 25.0 Å². The minimum Gasteiger partial charge on any atom is -0.497 e. The molecule has 2 aromatic rings. The molecule has 0 atom stereocenters. The first kappa shape index (κ1) is 21.7. The first-order chi connectivity index (χ1) is 14.7. The van der Waals surface area contributed by atoms with Gasteiger partial charge in [-0.3, -0.25) is 4.99 Å². The molecule has 1 aromatic carbocycles. The maximum atomic E-state index is 5.46. The Kier molecular flexibility index (Phi) is 8.18. The van der Waals surface area contributed by atoms with Gasteiger partial charge in [0.15, 0.2) is 5.96 Å². The number of aliphatic imine (C=N–C) groups is 1. The van der Waals surface area contributed by atoms with Crippen molar-refractivity contribution in [2.24, 2.45) is 4.99 Å². The van der Waals surface area contributed by atoms with E-state index in [1.807, 2.05) is 24.4 Å². The summed E-state index contributed by atoms with van der Waals surface area (Å²) in [4.78, 5) is 11.4. The monoisotopic (exact) mass is 411 g/mol. The van der Waals surface area contributed by atoms with Gasteiger partial charge >= 0.3 is 0 Å². The Morgan fingerprint density at radius 1 is 1.00 bits per heavy atom. The van der Waals surface area contributed by atoms with Crippen molar-refractivity contribution in [3.63, 3.8) is 0 Å². The summed E-state index contributed by atoms with van der Waals surface area (Å²) < 4.78 is 10.7. The molecule has 0 radical (unpaired) electrons. The van der Waals surface area contributed by atoms with Crippen LogP contribution in [0.15, 0.2) is 41.5 Å². The Labute approximate surface area is 179 Å². The van der Waals surface area contributed by atoms with Gasteiger partial charge in [-0.1, -0.05) is 18.9 Å². The van der Waals surface area contributed by atoms with Crippen LogP contribution in [-0.2, 0) is 13.1 Å². The molecule has 30 heavy (non-hydrogen) atoms. The van der Waals surface area contributed by atoms with E-state index < -0.39 is 0 Å². The quantitative estimate of drug-likeness (QED) is 0.538. The molecule has 1 aromatic heterocycles. The van der Waals surface area contributed by atoms with Gasteiger partial charge in [0.1, 0.15) is 17.3 Å². The van der Waals surface area contributed by atoms with Crippen molar-refractivity contribution in [2.45, 2.75) is 38.8 Å². The van der Waals surface area contributed by atoms with E-state index in [1.165, 1.54) is 25.7 Å². The van der Waals surface area contributed by atoms with Gasteiger partial charge in [-0.15, -0.1) is 0 Å². The van der Waals surface area contributed by atoms with Crippen LogP contribution in [0.4, 0.5) is 5.82 Å². The molecule has 162 valence electrons. The number of anilines is 1. The van der Waals surface area contributed by atoms with Gasteiger partial charge in [-0.05, 0) is 36.6 Å². The third kappa shape index (κ3) is 6.02. The van der Waals surface area contributed by atoms with Crippen molar-refractivity contribution in [3.05, 3.63) is 47.7 Å². The molecule has 7 nitrogen and oxygen atoms in total. The molecule has 1 fully saturated rings. The Hall–Kier alpha value is -2.96. The van der Waals surface area contributed by atoms with E-state index in [0.29, 0.717) is 13.1 Å². The number of hydrogen-bond donors (Lipinski definition) is 2. The number of ether oxygens (including phenoxy) is 2. The van der Waals surface area contributed by atoms with Crippen LogP contribution in [0.5, 0.6) is 11.5 Å². The summed E-state index contributed by atoms with van der Waals surface area (Å²) in [5.41, 5.74) is 2.16. The lowest BCUT2D eigenvalue weighted by Crippen LogP contribution is -2.36. The number of nitrogens with one attached hydrogen (secondary N) is 2. The lowest BCUT2D eigenvalue weighted by molar-refractivity contribution is 0.390. The second kappa shape index (κ2) is 11.3. The summed E-state index contributed by atoms with van der Waals surface area (Å²) in [5.74, 6) is 3.36. The predicted octanol–water partition coefficient (Wildman–Crippen LogP) is 3.34. The van der Waals surface area contributed by atoms with Crippen LogP contribution in [0.1, 0.15) is 36.8 Å². The zero-order valence-corrected chi connectivity index (χ0v) is 18.3. The highest BCUT2D eigenvalue weighted by molar-refractivity contribution is 5.79. The fraction of sp³-hybridized carbons (Fsp3) is 0.478. The maximum absolute atomic E-state index is 5.46. The topological polar surface area (TPSA) is 71.0 Å². The van der Waals surface area contributed by atoms with Crippen molar-refractivity contribution in [3.8, 4) is 11.5 Å². The summed E-state index contributed by atoms with van der Waals surface area (Å²) in [6.07, 6.45) is 7.12. The van der Waals surface area contributed by atoms with E-state index in [2.05, 4.69) is 37.6 Å². The van der Waals surface area contributed by atoms with E-state index in [0.717, 1.165) is 47.5 Å². The van der Waals surface area contributed by atoms with Gasteiger partial charge in [0.05, 0.1) is 14.2 Å². The minimum absolute atomic E-state index is 0.596. The Bertz CT molecular complexity index is 815. The lowest BCUT2D eigenvalue weighted by Gasteiger charge is -2.21. The highest BCUT2D eigenvalue weighted by Gasteiger charge is 2.11. The molecule has 1 aliphatic heterocycles. The average molecular weight is 412 g/mol. The minimum atomic E-state index is 0.596. The van der Waals surface area contributed by atoms with Crippen molar-refractivity contribution in [1.29, 1.82) is 0 Å². The molecule has 1 aliphatic rings. The van der Waals surface area contributed by atoms with Crippen molar-refractivity contribution >= 4 is 11.8 Å². The standard InChI is InChI=1S/C23H33N5O2/c1-24-23(27-17-19-9-10-20(29-2)14-21(19)30-3)26-16-18-8-11-22(25-15-18)28-12-6-4-5-7-13-28/h8-11,14-15H,4-7,12-13,16-17H2,1-3H3,(H2,24,26,27). The summed E-state index contributed by atoms with van der Waals surface area (Å²) >= 11 is 0. The largest absolute Gasteiger partial charge is 0.497 e. The maximum Gasteiger partial charge on any atom is 0.191 e. The lowest BCUT2D eigenvalue weighted by atomic mass is 10.2. The number of methoxy groups -OCH3 is 2. The second-order valence-corrected chi connectivity index (χ2v) is 7.38. The van der Waals surface area contributed by atoms with Gasteiger partial charge in [0.2, 0.25) is 0 Å². The van der Waals surface area contributed by atoms with Gasteiger partial charge in [-0.2, -0.15) is 0 Å². The molecule has 0 aliphatic carbocycles. The summed E-state index contributed by atoms with van der Waals surface area (Å²) in [6, 6.07) is 10.1. The van der Waals surface area contributed by atoms with Gasteiger partial charge in [0.25, 0.3) is 0 Å². The molecule has 2 heterocycles. The fourth-order valence-corrected chi connectivity index (χ4v) is 3.59. The Morgan fingerprint density at radius 3 is 2.40 bits per heavy atom. The van der Waals surface area contributed by atoms with Crippen LogP contribution in [0.25, 0.3) is 0 Å². The Balaban J connectivity index is 1.52. The first-order valence-electron chi connectivity index (χ1n) is 10.6. The second-order valence-electron chi connectivity index (χ2n) is 7.38. The third-order valence-corrected chi connectivity index (χ3v) is 5.36. The zero-order valence-electron chi connectivity index (χ0n) is 18.3. The van der Waals surface area contributed by atoms with Crippen LogP contribution in [0, 0.1) is 0 Å². The van der Waals surface area contributed by atoms with Crippen LogP contribution in [0.3, 0.4) is 0 Å². The number of pyridine rings is 1. The molecule has 1 saturated heterocycles. The van der Waals surface area contributed by atoms with Crippen molar-refractivity contribution < 1.29 is 9.47 Å². The summed E-state index contributed by atoms with van der Waals surface area (Å²) in [7, 11) is 5.07. The first-order valence-corrected chi connectivity index (χ1v) is 10.6. The number of guanidine groups is 1. The van der Waals surface area contributed by atoms with E-state index in [9.17, 15) is 0 Å². The van der Waals surface area contributed by atoms with Crippen LogP contribution in [0.2, 0.25) is 0 Å². The number of hydrogen-bond acceptors (Lipinski definition) is 5. The molecule has 3 rings (SSSR count). The molecule has 0 amide bonds.